The molecule has 33 heavy (non-hydrogen) atoms. The third kappa shape index (κ3) is 4.83. The summed E-state index contributed by atoms with van der Waals surface area (Å²) < 4.78 is 0. The van der Waals surface area contributed by atoms with E-state index in [9.17, 15) is 14.7 Å². The van der Waals surface area contributed by atoms with Crippen LogP contribution in [-0.4, -0.2) is 40.0 Å². The van der Waals surface area contributed by atoms with Crippen LogP contribution in [0.2, 0.25) is 0 Å². The van der Waals surface area contributed by atoms with Gasteiger partial charge in [0.2, 0.25) is 5.91 Å². The average Bonchev–Trinajstić information content (AvgIpc) is 2.85. The molecule has 0 spiro atoms. The Balaban J connectivity index is 1.57. The first-order valence-corrected chi connectivity index (χ1v) is 11.4. The Kier molecular flexibility index (Phi) is 6.90. The van der Waals surface area contributed by atoms with E-state index in [-0.39, 0.29) is 11.9 Å². The van der Waals surface area contributed by atoms with Crippen molar-refractivity contribution in [3.8, 4) is 0 Å². The number of likely N-dealkylation sites (tertiary alicyclic amines) is 1. The van der Waals surface area contributed by atoms with Crippen molar-refractivity contribution in [2.45, 2.75) is 37.9 Å². The first-order chi connectivity index (χ1) is 16.0. The summed E-state index contributed by atoms with van der Waals surface area (Å²) in [4.78, 5) is 27.1. The number of carboxylic acids is 1. The fraction of sp³-hybridized carbons (Fsp3) is 0.286. The van der Waals surface area contributed by atoms with E-state index in [4.69, 9.17) is 0 Å². The van der Waals surface area contributed by atoms with E-state index < -0.39 is 17.4 Å². The summed E-state index contributed by atoms with van der Waals surface area (Å²) in [6, 6.07) is 29.7. The molecule has 3 aromatic carbocycles. The Bertz CT molecular complexity index is 1070. The topological polar surface area (TPSA) is 69.6 Å². The standard InChI is InChI=1S/C28H30N2O3/c1-21-26(31)30(28(21,27(32)33)18-23-13-7-3-8-14-23)20-25(17-22-11-5-2-6-12-22)29-19-24-15-9-4-10-16-24/h2-16,21,25,29H,17-20H2,1H3,(H,32,33)/t21-,25+,28+/m1/s1. The van der Waals surface area contributed by atoms with Crippen LogP contribution in [0.3, 0.4) is 0 Å². The zero-order chi connectivity index (χ0) is 23.3. The van der Waals surface area contributed by atoms with Gasteiger partial charge in [0.1, 0.15) is 0 Å². The van der Waals surface area contributed by atoms with Crippen LogP contribution in [0.5, 0.6) is 0 Å². The molecule has 5 heteroatoms. The maximum atomic E-state index is 13.0. The Morgan fingerprint density at radius 1 is 0.909 bits per heavy atom. The maximum Gasteiger partial charge on any atom is 0.330 e. The molecule has 1 aliphatic heterocycles. The number of amides is 1. The summed E-state index contributed by atoms with van der Waals surface area (Å²) in [5, 5.41) is 13.9. The predicted molar refractivity (Wildman–Crippen MR) is 129 cm³/mol. The van der Waals surface area contributed by atoms with Crippen molar-refractivity contribution in [3.05, 3.63) is 108 Å². The number of hydrogen-bond acceptors (Lipinski definition) is 3. The van der Waals surface area contributed by atoms with E-state index >= 15 is 0 Å². The monoisotopic (exact) mass is 442 g/mol. The summed E-state index contributed by atoms with van der Waals surface area (Å²) >= 11 is 0. The Morgan fingerprint density at radius 3 is 1.97 bits per heavy atom. The largest absolute Gasteiger partial charge is 0.479 e. The first kappa shape index (κ1) is 22.7. The number of carbonyl (C=O) groups excluding carboxylic acids is 1. The number of carbonyl (C=O) groups is 2. The molecule has 3 atom stereocenters. The van der Waals surface area contributed by atoms with Crippen molar-refractivity contribution in [2.24, 2.45) is 5.92 Å². The molecule has 0 saturated carbocycles. The van der Waals surface area contributed by atoms with E-state index in [1.807, 2.05) is 66.7 Å². The molecule has 1 amide bonds. The molecule has 1 aliphatic rings. The van der Waals surface area contributed by atoms with Gasteiger partial charge in [-0.2, -0.15) is 0 Å². The lowest BCUT2D eigenvalue weighted by Crippen LogP contribution is -2.76. The van der Waals surface area contributed by atoms with Crippen LogP contribution in [-0.2, 0) is 29.0 Å². The van der Waals surface area contributed by atoms with Gasteiger partial charge in [0, 0.05) is 25.6 Å². The molecule has 0 radical (unpaired) electrons. The zero-order valence-electron chi connectivity index (χ0n) is 18.9. The van der Waals surface area contributed by atoms with Crippen LogP contribution >= 0.6 is 0 Å². The minimum Gasteiger partial charge on any atom is -0.479 e. The fourth-order valence-corrected chi connectivity index (χ4v) is 4.77. The van der Waals surface area contributed by atoms with Crippen molar-refractivity contribution in [3.63, 3.8) is 0 Å². The molecule has 0 bridgehead atoms. The number of rotatable bonds is 10. The van der Waals surface area contributed by atoms with Crippen LogP contribution < -0.4 is 5.32 Å². The molecule has 0 aromatic heterocycles. The summed E-state index contributed by atoms with van der Waals surface area (Å²) in [5.74, 6) is -1.62. The highest BCUT2D eigenvalue weighted by Gasteiger charge is 2.62. The number of hydrogen-bond donors (Lipinski definition) is 2. The second kappa shape index (κ2) is 10.0. The number of aliphatic carboxylic acids is 1. The van der Waals surface area contributed by atoms with E-state index in [2.05, 4.69) is 29.6 Å². The van der Waals surface area contributed by atoms with Gasteiger partial charge in [-0.25, -0.2) is 4.79 Å². The molecular formula is C28H30N2O3. The highest BCUT2D eigenvalue weighted by molar-refractivity contribution is 6.00. The van der Waals surface area contributed by atoms with Crippen molar-refractivity contribution < 1.29 is 14.7 Å². The van der Waals surface area contributed by atoms with Gasteiger partial charge in [-0.3, -0.25) is 4.79 Å². The molecule has 2 N–H and O–H groups in total. The Morgan fingerprint density at radius 2 is 1.42 bits per heavy atom. The van der Waals surface area contributed by atoms with Gasteiger partial charge in [-0.05, 0) is 23.1 Å². The molecule has 4 rings (SSSR count). The third-order valence-electron chi connectivity index (χ3n) is 6.69. The van der Waals surface area contributed by atoms with Gasteiger partial charge in [-0.1, -0.05) is 97.9 Å². The molecule has 0 unspecified atom stereocenters. The maximum absolute atomic E-state index is 13.0. The first-order valence-electron chi connectivity index (χ1n) is 11.4. The van der Waals surface area contributed by atoms with Gasteiger partial charge in [-0.15, -0.1) is 0 Å². The van der Waals surface area contributed by atoms with Crippen LogP contribution in [0, 0.1) is 5.92 Å². The smallest absolute Gasteiger partial charge is 0.330 e. The molecule has 5 nitrogen and oxygen atoms in total. The summed E-state index contributed by atoms with van der Waals surface area (Å²) in [7, 11) is 0. The molecule has 1 saturated heterocycles. The van der Waals surface area contributed by atoms with Gasteiger partial charge in [0.05, 0.1) is 5.92 Å². The predicted octanol–water partition coefficient (Wildman–Crippen LogP) is 3.93. The Hall–Kier alpha value is -3.44. The molecule has 170 valence electrons. The summed E-state index contributed by atoms with van der Waals surface area (Å²) in [6.45, 7) is 2.72. The lowest BCUT2D eigenvalue weighted by molar-refractivity contribution is -0.187. The minimum atomic E-state index is -1.23. The van der Waals surface area contributed by atoms with Gasteiger partial charge >= 0.3 is 5.97 Å². The van der Waals surface area contributed by atoms with Crippen LogP contribution in [0.25, 0.3) is 0 Å². The van der Waals surface area contributed by atoms with E-state index in [1.165, 1.54) is 0 Å². The zero-order valence-corrected chi connectivity index (χ0v) is 18.9. The fourth-order valence-electron chi connectivity index (χ4n) is 4.77. The van der Waals surface area contributed by atoms with Crippen molar-refractivity contribution in [1.29, 1.82) is 0 Å². The third-order valence-corrected chi connectivity index (χ3v) is 6.69. The number of β-lactam (4-membered cyclic amide) rings is 1. The van der Waals surface area contributed by atoms with Crippen LogP contribution in [0.1, 0.15) is 23.6 Å². The second-order valence-electron chi connectivity index (χ2n) is 8.82. The van der Waals surface area contributed by atoms with E-state index in [1.54, 1.807) is 11.8 Å². The highest BCUT2D eigenvalue weighted by atomic mass is 16.4. The van der Waals surface area contributed by atoms with E-state index in [0.717, 1.165) is 16.7 Å². The number of nitrogens with zero attached hydrogens (tertiary/aromatic N) is 1. The number of benzene rings is 3. The molecular weight excluding hydrogens is 412 g/mol. The van der Waals surface area contributed by atoms with Crippen molar-refractivity contribution in [2.75, 3.05) is 6.54 Å². The second-order valence-corrected chi connectivity index (χ2v) is 8.82. The van der Waals surface area contributed by atoms with Gasteiger partial charge < -0.3 is 15.3 Å². The van der Waals surface area contributed by atoms with Crippen molar-refractivity contribution >= 4 is 11.9 Å². The number of carboxylic acid groups (broad SMARTS) is 1. The SMILES string of the molecule is C[C@@H]1C(=O)N(C[C@H](Cc2ccccc2)NCc2ccccc2)[C@]1(Cc1ccccc1)C(=O)O. The van der Waals surface area contributed by atoms with Gasteiger partial charge in [0.25, 0.3) is 0 Å². The van der Waals surface area contributed by atoms with Crippen molar-refractivity contribution in [1.82, 2.24) is 10.2 Å². The number of nitrogens with one attached hydrogen (secondary N) is 1. The van der Waals surface area contributed by atoms with E-state index in [0.29, 0.717) is 25.9 Å². The van der Waals surface area contributed by atoms with Crippen LogP contribution in [0.4, 0.5) is 0 Å². The normalized spacial score (nSPS) is 20.8. The highest BCUT2D eigenvalue weighted by Crippen LogP contribution is 2.41. The van der Waals surface area contributed by atoms with Crippen LogP contribution in [0.15, 0.2) is 91.0 Å². The van der Waals surface area contributed by atoms with Gasteiger partial charge in [0.15, 0.2) is 5.54 Å². The minimum absolute atomic E-state index is 0.0847. The average molecular weight is 443 g/mol. The molecule has 1 fully saturated rings. The summed E-state index contributed by atoms with van der Waals surface area (Å²) in [6.07, 6.45) is 1.000. The molecule has 0 aliphatic carbocycles. The quantitative estimate of drug-likeness (QED) is 0.467. The Labute approximate surface area is 195 Å². The molecule has 1 heterocycles. The lowest BCUT2D eigenvalue weighted by Gasteiger charge is -2.55. The lowest BCUT2D eigenvalue weighted by atomic mass is 9.70. The summed E-state index contributed by atoms with van der Waals surface area (Å²) in [5.41, 5.74) is 1.98. The molecule has 3 aromatic rings.